The van der Waals surface area contributed by atoms with Gasteiger partial charge in [-0.15, -0.1) is 0 Å². The fourth-order valence-electron chi connectivity index (χ4n) is 2.31. The number of guanidine groups is 2. The molecule has 0 fully saturated rings. The molecule has 1 aliphatic heterocycles. The monoisotopic (exact) mass is 276 g/mol. The van der Waals surface area contributed by atoms with Crippen LogP contribution in [0, 0.1) is 0 Å². The third-order valence-corrected chi connectivity index (χ3v) is 3.32. The van der Waals surface area contributed by atoms with E-state index in [4.69, 9.17) is 0 Å². The summed E-state index contributed by atoms with van der Waals surface area (Å²) in [4.78, 5) is 18.7. The first-order chi connectivity index (χ1) is 9.49. The number of aromatic nitrogens is 1. The van der Waals surface area contributed by atoms with Crippen LogP contribution in [0.4, 0.5) is 0 Å². The van der Waals surface area contributed by atoms with E-state index in [2.05, 4.69) is 33.0 Å². The summed E-state index contributed by atoms with van der Waals surface area (Å²) in [6.45, 7) is 2.92. The lowest BCUT2D eigenvalue weighted by atomic mass is 10.3. The Kier molecular flexibility index (Phi) is 4.32. The molecule has 1 aromatic heterocycles. The van der Waals surface area contributed by atoms with Gasteiger partial charge in [-0.1, -0.05) is 0 Å². The summed E-state index contributed by atoms with van der Waals surface area (Å²) in [5, 5.41) is 0. The Bertz CT molecular complexity index is 488. The third-order valence-electron chi connectivity index (χ3n) is 3.32. The van der Waals surface area contributed by atoms with Crippen molar-refractivity contribution in [3.63, 3.8) is 0 Å². The number of hydrogen-bond donors (Lipinski definition) is 1. The SMILES string of the molecule is CC1N=C(N(C)C)N(C)C(N(C)CCc2ccc[nH]2)=N1. The summed E-state index contributed by atoms with van der Waals surface area (Å²) in [5.74, 6) is 1.90. The number of rotatable bonds is 3. The van der Waals surface area contributed by atoms with Crippen LogP contribution in [0.5, 0.6) is 0 Å². The zero-order valence-corrected chi connectivity index (χ0v) is 13.0. The molecule has 1 N–H and O–H groups in total. The first-order valence-electron chi connectivity index (χ1n) is 6.89. The molecule has 0 aromatic carbocycles. The van der Waals surface area contributed by atoms with E-state index in [1.165, 1.54) is 5.69 Å². The standard InChI is InChI=1S/C14H24N6/c1-11-16-13(18(2)3)20(5)14(17-11)19(4)10-8-12-7-6-9-15-12/h6-7,9,11,15H,8,10H2,1-5H3. The summed E-state index contributed by atoms with van der Waals surface area (Å²) >= 11 is 0. The largest absolute Gasteiger partial charge is 0.365 e. The van der Waals surface area contributed by atoms with Gasteiger partial charge in [0.1, 0.15) is 6.17 Å². The van der Waals surface area contributed by atoms with E-state index < -0.39 is 0 Å². The van der Waals surface area contributed by atoms with Gasteiger partial charge in [-0.2, -0.15) is 0 Å². The zero-order chi connectivity index (χ0) is 14.7. The molecule has 0 amide bonds. The lowest BCUT2D eigenvalue weighted by Crippen LogP contribution is -2.51. The molecule has 0 bridgehead atoms. The Hall–Kier alpha value is -1.98. The summed E-state index contributed by atoms with van der Waals surface area (Å²) < 4.78 is 0. The third kappa shape index (κ3) is 3.12. The Morgan fingerprint density at radius 1 is 1.25 bits per heavy atom. The molecule has 6 heteroatoms. The van der Waals surface area contributed by atoms with Gasteiger partial charge < -0.3 is 14.8 Å². The minimum absolute atomic E-state index is 0.0356. The Morgan fingerprint density at radius 2 is 1.95 bits per heavy atom. The van der Waals surface area contributed by atoms with Gasteiger partial charge in [0.2, 0.25) is 11.9 Å². The molecule has 6 nitrogen and oxygen atoms in total. The fourth-order valence-corrected chi connectivity index (χ4v) is 2.31. The molecule has 0 spiro atoms. The highest BCUT2D eigenvalue weighted by Gasteiger charge is 2.23. The van der Waals surface area contributed by atoms with E-state index in [1.807, 2.05) is 50.1 Å². The second kappa shape index (κ2) is 5.98. The van der Waals surface area contributed by atoms with Crippen molar-refractivity contribution < 1.29 is 0 Å². The van der Waals surface area contributed by atoms with Crippen LogP contribution in [-0.2, 0) is 6.42 Å². The number of likely N-dealkylation sites (N-methyl/N-ethyl adjacent to an activating group) is 1. The average molecular weight is 276 g/mol. The lowest BCUT2D eigenvalue weighted by Gasteiger charge is -2.35. The van der Waals surface area contributed by atoms with Crippen LogP contribution in [0.25, 0.3) is 0 Å². The van der Waals surface area contributed by atoms with Gasteiger partial charge in [0.05, 0.1) is 0 Å². The van der Waals surface area contributed by atoms with Gasteiger partial charge in [-0.3, -0.25) is 4.90 Å². The summed E-state index contributed by atoms with van der Waals surface area (Å²) in [7, 11) is 8.09. The van der Waals surface area contributed by atoms with Crippen LogP contribution in [-0.4, -0.2) is 72.5 Å². The van der Waals surface area contributed by atoms with Crippen molar-refractivity contribution in [1.82, 2.24) is 19.7 Å². The Morgan fingerprint density at radius 3 is 2.55 bits per heavy atom. The van der Waals surface area contributed by atoms with Crippen LogP contribution in [0.3, 0.4) is 0 Å². The topological polar surface area (TPSA) is 50.2 Å². The molecule has 2 rings (SSSR count). The first-order valence-corrected chi connectivity index (χ1v) is 6.89. The fraction of sp³-hybridized carbons (Fsp3) is 0.571. The van der Waals surface area contributed by atoms with Gasteiger partial charge in [0, 0.05) is 53.0 Å². The first kappa shape index (κ1) is 14.4. The van der Waals surface area contributed by atoms with Gasteiger partial charge in [0.25, 0.3) is 0 Å². The highest BCUT2D eigenvalue weighted by atomic mass is 15.5. The lowest BCUT2D eigenvalue weighted by molar-refractivity contribution is 0.410. The van der Waals surface area contributed by atoms with Gasteiger partial charge in [-0.05, 0) is 19.1 Å². The second-order valence-corrected chi connectivity index (χ2v) is 5.31. The molecule has 2 heterocycles. The van der Waals surface area contributed by atoms with Crippen molar-refractivity contribution in [2.45, 2.75) is 19.5 Å². The van der Waals surface area contributed by atoms with Crippen molar-refractivity contribution in [1.29, 1.82) is 0 Å². The molecule has 1 aromatic rings. The summed E-state index contributed by atoms with van der Waals surface area (Å²) in [6, 6.07) is 4.13. The highest BCUT2D eigenvalue weighted by molar-refractivity contribution is 5.99. The zero-order valence-electron chi connectivity index (χ0n) is 13.0. The van der Waals surface area contributed by atoms with E-state index in [1.54, 1.807) is 0 Å². The van der Waals surface area contributed by atoms with E-state index in [0.29, 0.717) is 0 Å². The normalized spacial score (nSPS) is 18.6. The van der Waals surface area contributed by atoms with Crippen LogP contribution in [0.1, 0.15) is 12.6 Å². The van der Waals surface area contributed by atoms with Gasteiger partial charge in [0.15, 0.2) is 0 Å². The Labute approximate surface area is 120 Å². The van der Waals surface area contributed by atoms with E-state index in [-0.39, 0.29) is 6.17 Å². The number of nitrogens with one attached hydrogen (secondary N) is 1. The minimum Gasteiger partial charge on any atom is -0.365 e. The Balaban J connectivity index is 2.03. The van der Waals surface area contributed by atoms with Crippen molar-refractivity contribution in [2.75, 3.05) is 34.7 Å². The molecule has 0 saturated heterocycles. The predicted molar refractivity (Wildman–Crippen MR) is 82.9 cm³/mol. The van der Waals surface area contributed by atoms with E-state index >= 15 is 0 Å². The molecule has 110 valence electrons. The number of nitrogens with zero attached hydrogens (tertiary/aromatic N) is 5. The molecule has 1 unspecified atom stereocenters. The highest BCUT2D eigenvalue weighted by Crippen LogP contribution is 2.10. The molecule has 1 aliphatic rings. The van der Waals surface area contributed by atoms with Crippen LogP contribution >= 0.6 is 0 Å². The second-order valence-electron chi connectivity index (χ2n) is 5.31. The van der Waals surface area contributed by atoms with Gasteiger partial charge in [-0.25, -0.2) is 9.98 Å². The maximum absolute atomic E-state index is 4.64. The van der Waals surface area contributed by atoms with Crippen molar-refractivity contribution >= 4 is 11.9 Å². The molecule has 20 heavy (non-hydrogen) atoms. The summed E-state index contributed by atoms with van der Waals surface area (Å²) in [5.41, 5.74) is 1.24. The van der Waals surface area contributed by atoms with Crippen LogP contribution in [0.15, 0.2) is 28.3 Å². The molecule has 0 aliphatic carbocycles. The maximum Gasteiger partial charge on any atom is 0.205 e. The van der Waals surface area contributed by atoms with Crippen LogP contribution in [0.2, 0.25) is 0 Å². The van der Waals surface area contributed by atoms with E-state index in [9.17, 15) is 0 Å². The van der Waals surface area contributed by atoms with E-state index in [0.717, 1.165) is 24.9 Å². The smallest absolute Gasteiger partial charge is 0.205 e. The molecule has 0 saturated carbocycles. The maximum atomic E-state index is 4.64. The molecular weight excluding hydrogens is 252 g/mol. The summed E-state index contributed by atoms with van der Waals surface area (Å²) in [6.07, 6.45) is 2.89. The van der Waals surface area contributed by atoms with Crippen molar-refractivity contribution in [2.24, 2.45) is 9.98 Å². The number of hydrogen-bond acceptors (Lipinski definition) is 5. The molecule has 0 radical (unpaired) electrons. The quantitative estimate of drug-likeness (QED) is 0.898. The number of aliphatic imine (C=N–C) groups is 2. The predicted octanol–water partition coefficient (Wildman–Crippen LogP) is 1.05. The average Bonchev–Trinajstić information content (AvgIpc) is 2.91. The van der Waals surface area contributed by atoms with Crippen LogP contribution < -0.4 is 0 Å². The number of aromatic amines is 1. The van der Waals surface area contributed by atoms with Gasteiger partial charge >= 0.3 is 0 Å². The van der Waals surface area contributed by atoms with Crippen molar-refractivity contribution in [3.05, 3.63) is 24.0 Å². The molecular formula is C14H24N6. The minimum atomic E-state index is -0.0356. The van der Waals surface area contributed by atoms with Crippen molar-refractivity contribution in [3.8, 4) is 0 Å². The number of H-pyrrole nitrogens is 1. The molecule has 1 atom stereocenters.